The first kappa shape index (κ1) is 13.4. The van der Waals surface area contributed by atoms with Gasteiger partial charge in [0.05, 0.1) is 11.4 Å². The Morgan fingerprint density at radius 3 is 2.21 bits per heavy atom. The van der Waals surface area contributed by atoms with Gasteiger partial charge in [-0.15, -0.1) is 0 Å². The van der Waals surface area contributed by atoms with Crippen molar-refractivity contribution in [3.63, 3.8) is 0 Å². The van der Waals surface area contributed by atoms with Gasteiger partial charge in [0.2, 0.25) is 0 Å². The van der Waals surface area contributed by atoms with Gasteiger partial charge in [-0.25, -0.2) is 8.42 Å². The minimum atomic E-state index is -3.64. The molecule has 0 unspecified atom stereocenters. The smallest absolute Gasteiger partial charge is 0.266 e. The van der Waals surface area contributed by atoms with Gasteiger partial charge in [0.25, 0.3) is 10.0 Å². The molecule has 5 nitrogen and oxygen atoms in total. The van der Waals surface area contributed by atoms with Crippen LogP contribution in [-0.2, 0) is 10.0 Å². The molecule has 0 spiro atoms. The van der Waals surface area contributed by atoms with Crippen LogP contribution < -0.4 is 15.6 Å². The van der Waals surface area contributed by atoms with Crippen LogP contribution >= 0.6 is 0 Å². The number of nitrogens with zero attached hydrogens (tertiary/aromatic N) is 1. The second kappa shape index (κ2) is 5.29. The Bertz CT molecular complexity index is 657. The lowest BCUT2D eigenvalue weighted by Gasteiger charge is -2.20. The van der Waals surface area contributed by atoms with Gasteiger partial charge in [-0.1, -0.05) is 30.3 Å². The molecule has 0 radical (unpaired) electrons. The monoisotopic (exact) mass is 277 g/mol. The van der Waals surface area contributed by atoms with Crippen LogP contribution in [0.1, 0.15) is 0 Å². The maximum absolute atomic E-state index is 12.5. The van der Waals surface area contributed by atoms with E-state index in [-0.39, 0.29) is 4.90 Å². The SMILES string of the molecule is CN(c1ccccc1)S(=O)(=O)c1ccccc1NN. The van der Waals surface area contributed by atoms with Gasteiger partial charge in [0, 0.05) is 7.05 Å². The molecule has 2 aromatic rings. The molecule has 0 saturated carbocycles. The summed E-state index contributed by atoms with van der Waals surface area (Å²) in [7, 11) is -2.13. The fourth-order valence-electron chi connectivity index (χ4n) is 1.74. The summed E-state index contributed by atoms with van der Waals surface area (Å²) in [5, 5.41) is 0. The first-order chi connectivity index (χ1) is 9.07. The number of nitrogens with two attached hydrogens (primary N) is 1. The van der Waals surface area contributed by atoms with Gasteiger partial charge in [-0.05, 0) is 24.3 Å². The highest BCUT2D eigenvalue weighted by atomic mass is 32.2. The predicted molar refractivity (Wildman–Crippen MR) is 76.3 cm³/mol. The number of benzene rings is 2. The number of rotatable bonds is 4. The lowest BCUT2D eigenvalue weighted by atomic mass is 10.3. The number of nitrogen functional groups attached to an aromatic ring is 1. The van der Waals surface area contributed by atoms with Crippen LogP contribution in [0, 0.1) is 0 Å². The number of hydrazine groups is 1. The van der Waals surface area contributed by atoms with E-state index in [0.717, 1.165) is 0 Å². The largest absolute Gasteiger partial charge is 0.323 e. The topological polar surface area (TPSA) is 75.4 Å². The molecule has 0 aliphatic heterocycles. The Morgan fingerprint density at radius 1 is 1.00 bits per heavy atom. The highest BCUT2D eigenvalue weighted by Crippen LogP contribution is 2.26. The Hall–Kier alpha value is -2.05. The Balaban J connectivity index is 2.48. The third-order valence-corrected chi connectivity index (χ3v) is 4.64. The van der Waals surface area contributed by atoms with Gasteiger partial charge >= 0.3 is 0 Å². The average Bonchev–Trinajstić information content (AvgIpc) is 2.47. The minimum Gasteiger partial charge on any atom is -0.323 e. The lowest BCUT2D eigenvalue weighted by Crippen LogP contribution is -2.27. The molecule has 6 heteroatoms. The van der Waals surface area contributed by atoms with E-state index in [4.69, 9.17) is 5.84 Å². The van der Waals surface area contributed by atoms with Crippen molar-refractivity contribution < 1.29 is 8.42 Å². The second-order valence-electron chi connectivity index (χ2n) is 3.95. The van der Waals surface area contributed by atoms with Crippen LogP contribution in [0.15, 0.2) is 59.5 Å². The van der Waals surface area contributed by atoms with Crippen LogP contribution in [0.4, 0.5) is 11.4 Å². The van der Waals surface area contributed by atoms with Crippen molar-refractivity contribution >= 4 is 21.4 Å². The van der Waals surface area contributed by atoms with E-state index in [9.17, 15) is 8.42 Å². The summed E-state index contributed by atoms with van der Waals surface area (Å²) in [4.78, 5) is 0.142. The molecule has 0 saturated heterocycles. The second-order valence-corrected chi connectivity index (χ2v) is 5.89. The predicted octanol–water partition coefficient (Wildman–Crippen LogP) is 1.80. The van der Waals surface area contributed by atoms with E-state index in [0.29, 0.717) is 11.4 Å². The van der Waals surface area contributed by atoms with Crippen LogP contribution in [0.5, 0.6) is 0 Å². The lowest BCUT2D eigenvalue weighted by molar-refractivity contribution is 0.594. The van der Waals surface area contributed by atoms with E-state index in [2.05, 4.69) is 5.43 Å². The molecular weight excluding hydrogens is 262 g/mol. The Kier molecular flexibility index (Phi) is 3.73. The third kappa shape index (κ3) is 2.54. The molecule has 19 heavy (non-hydrogen) atoms. The molecule has 0 fully saturated rings. The normalized spacial score (nSPS) is 11.1. The third-order valence-electron chi connectivity index (χ3n) is 2.80. The van der Waals surface area contributed by atoms with Crippen molar-refractivity contribution in [1.82, 2.24) is 0 Å². The summed E-state index contributed by atoms with van der Waals surface area (Å²) in [5.41, 5.74) is 3.36. The zero-order chi connectivity index (χ0) is 13.9. The first-order valence-corrected chi connectivity index (χ1v) is 7.11. The molecule has 0 bridgehead atoms. The number of para-hydroxylation sites is 2. The van der Waals surface area contributed by atoms with E-state index in [1.165, 1.54) is 17.4 Å². The van der Waals surface area contributed by atoms with Crippen LogP contribution in [0.3, 0.4) is 0 Å². The highest BCUT2D eigenvalue weighted by molar-refractivity contribution is 7.93. The summed E-state index contributed by atoms with van der Waals surface area (Å²) in [5.74, 6) is 5.35. The quantitative estimate of drug-likeness (QED) is 0.660. The van der Waals surface area contributed by atoms with Crippen LogP contribution in [0.2, 0.25) is 0 Å². The van der Waals surface area contributed by atoms with E-state index >= 15 is 0 Å². The number of hydrogen-bond donors (Lipinski definition) is 2. The number of nitrogens with one attached hydrogen (secondary N) is 1. The van der Waals surface area contributed by atoms with Crippen molar-refractivity contribution in [2.45, 2.75) is 4.90 Å². The van der Waals surface area contributed by atoms with Crippen LogP contribution in [-0.4, -0.2) is 15.5 Å². The number of sulfonamides is 1. The number of anilines is 2. The molecule has 0 aliphatic carbocycles. The van der Waals surface area contributed by atoms with Gasteiger partial charge in [0.15, 0.2) is 0 Å². The fraction of sp³-hybridized carbons (Fsp3) is 0.0769. The van der Waals surface area contributed by atoms with Gasteiger partial charge < -0.3 is 5.43 Å². The van der Waals surface area contributed by atoms with Gasteiger partial charge in [-0.2, -0.15) is 0 Å². The summed E-state index contributed by atoms with van der Waals surface area (Å²) in [6.45, 7) is 0. The summed E-state index contributed by atoms with van der Waals surface area (Å²) in [6, 6.07) is 15.4. The first-order valence-electron chi connectivity index (χ1n) is 5.67. The van der Waals surface area contributed by atoms with E-state index in [1.807, 2.05) is 6.07 Å². The fourth-order valence-corrected chi connectivity index (χ4v) is 3.08. The zero-order valence-corrected chi connectivity index (χ0v) is 11.3. The maximum atomic E-state index is 12.5. The molecule has 2 aromatic carbocycles. The van der Waals surface area contributed by atoms with Crippen molar-refractivity contribution in [2.75, 3.05) is 16.8 Å². The van der Waals surface area contributed by atoms with Crippen molar-refractivity contribution in [3.8, 4) is 0 Å². The maximum Gasteiger partial charge on any atom is 0.266 e. The summed E-state index contributed by atoms with van der Waals surface area (Å²) < 4.78 is 26.3. The molecule has 3 N–H and O–H groups in total. The van der Waals surface area contributed by atoms with E-state index in [1.54, 1.807) is 42.5 Å². The van der Waals surface area contributed by atoms with Gasteiger partial charge in [0.1, 0.15) is 4.90 Å². The van der Waals surface area contributed by atoms with Gasteiger partial charge in [-0.3, -0.25) is 10.1 Å². The molecule has 100 valence electrons. The summed E-state index contributed by atoms with van der Waals surface area (Å²) in [6.07, 6.45) is 0. The highest BCUT2D eigenvalue weighted by Gasteiger charge is 2.23. The molecule has 0 atom stereocenters. The molecular formula is C13H15N3O2S. The minimum absolute atomic E-state index is 0.142. The zero-order valence-electron chi connectivity index (χ0n) is 10.4. The molecule has 0 heterocycles. The standard InChI is InChI=1S/C13H15N3O2S/c1-16(11-7-3-2-4-8-11)19(17,18)13-10-6-5-9-12(13)15-14/h2-10,15H,14H2,1H3. The van der Waals surface area contributed by atoms with Crippen molar-refractivity contribution in [3.05, 3.63) is 54.6 Å². The van der Waals surface area contributed by atoms with Crippen molar-refractivity contribution in [1.29, 1.82) is 0 Å². The molecule has 0 amide bonds. The molecule has 2 rings (SSSR count). The van der Waals surface area contributed by atoms with E-state index < -0.39 is 10.0 Å². The molecule has 0 aliphatic rings. The average molecular weight is 277 g/mol. The Morgan fingerprint density at radius 2 is 1.58 bits per heavy atom. The summed E-state index contributed by atoms with van der Waals surface area (Å²) >= 11 is 0. The van der Waals surface area contributed by atoms with Crippen LogP contribution in [0.25, 0.3) is 0 Å². The van der Waals surface area contributed by atoms with Crippen molar-refractivity contribution in [2.24, 2.45) is 5.84 Å². The molecule has 0 aromatic heterocycles. The Labute approximate surface area is 112 Å². The number of hydrogen-bond acceptors (Lipinski definition) is 4.